The quantitative estimate of drug-likeness (QED) is 0.495. The van der Waals surface area contributed by atoms with Crippen LogP contribution in [0.3, 0.4) is 0 Å². The molecule has 1 aromatic heterocycles. The number of fused-ring (bicyclic) bond motifs is 1. The van der Waals surface area contributed by atoms with Crippen molar-refractivity contribution in [3.8, 4) is 11.3 Å². The Hall–Kier alpha value is -2.85. The molecule has 0 aliphatic rings. The van der Waals surface area contributed by atoms with E-state index in [0.29, 0.717) is 0 Å². The molecule has 0 bridgehead atoms. The van der Waals surface area contributed by atoms with Crippen molar-refractivity contribution >= 4 is 32.9 Å². The highest BCUT2D eigenvalue weighted by atomic mass is 32.1. The van der Waals surface area contributed by atoms with Gasteiger partial charge in [0.05, 0.1) is 11.4 Å². The molecule has 0 unspecified atom stereocenters. The van der Waals surface area contributed by atoms with Crippen LogP contribution in [0.1, 0.15) is 0 Å². The summed E-state index contributed by atoms with van der Waals surface area (Å²) < 4.78 is 0. The van der Waals surface area contributed by atoms with Crippen LogP contribution >= 0.6 is 11.3 Å². The molecular weight excluding hydrogens is 302 g/mol. The Labute approximate surface area is 138 Å². The number of anilines is 2. The van der Waals surface area contributed by atoms with Crippen molar-refractivity contribution in [2.24, 2.45) is 0 Å². The molecule has 0 aliphatic carbocycles. The van der Waals surface area contributed by atoms with Gasteiger partial charge in [-0.05, 0) is 22.9 Å². The van der Waals surface area contributed by atoms with Crippen LogP contribution in [0, 0.1) is 0 Å². The second-order valence-corrected chi connectivity index (χ2v) is 6.04. The third kappa shape index (κ3) is 2.89. The fourth-order valence-corrected chi connectivity index (χ4v) is 3.21. The predicted molar refractivity (Wildman–Crippen MR) is 98.7 cm³/mol. The number of rotatable bonds is 4. The lowest BCUT2D eigenvalue weighted by atomic mass is 10.0. The Balaban J connectivity index is 1.60. The molecule has 0 saturated heterocycles. The number of hydrogen-bond donors (Lipinski definition) is 2. The third-order valence-corrected chi connectivity index (χ3v) is 4.42. The lowest BCUT2D eigenvalue weighted by molar-refractivity contribution is 1.33. The van der Waals surface area contributed by atoms with Gasteiger partial charge in [-0.1, -0.05) is 60.7 Å². The summed E-state index contributed by atoms with van der Waals surface area (Å²) in [4.78, 5) is 4.69. The van der Waals surface area contributed by atoms with Crippen molar-refractivity contribution in [3.63, 3.8) is 0 Å². The normalized spacial score (nSPS) is 10.6. The number of aromatic nitrogens is 1. The molecule has 4 aromatic rings. The molecule has 23 heavy (non-hydrogen) atoms. The van der Waals surface area contributed by atoms with E-state index in [1.165, 1.54) is 10.8 Å². The van der Waals surface area contributed by atoms with Crippen LogP contribution in [0.25, 0.3) is 22.0 Å². The highest BCUT2D eigenvalue weighted by Gasteiger charge is 2.07. The Morgan fingerprint density at radius 1 is 0.739 bits per heavy atom. The summed E-state index contributed by atoms with van der Waals surface area (Å²) >= 11 is 1.59. The van der Waals surface area contributed by atoms with Crippen molar-refractivity contribution in [3.05, 3.63) is 78.2 Å². The highest BCUT2D eigenvalue weighted by molar-refractivity contribution is 7.14. The molecule has 0 aliphatic heterocycles. The van der Waals surface area contributed by atoms with Crippen LogP contribution < -0.4 is 10.9 Å². The van der Waals surface area contributed by atoms with E-state index in [2.05, 4.69) is 58.7 Å². The fraction of sp³-hybridized carbons (Fsp3) is 0. The average molecular weight is 317 g/mol. The first-order valence-electron chi connectivity index (χ1n) is 7.41. The van der Waals surface area contributed by atoms with E-state index in [1.807, 2.05) is 30.3 Å². The Bertz CT molecular complexity index is 926. The van der Waals surface area contributed by atoms with Crippen LogP contribution in [0.15, 0.2) is 78.2 Å². The summed E-state index contributed by atoms with van der Waals surface area (Å²) in [6, 6.07) is 24.7. The van der Waals surface area contributed by atoms with Crippen LogP contribution in [0.2, 0.25) is 0 Å². The van der Waals surface area contributed by atoms with Gasteiger partial charge < -0.3 is 0 Å². The molecule has 0 fully saturated rings. The summed E-state index contributed by atoms with van der Waals surface area (Å²) in [5.74, 6) is 0. The molecule has 0 radical (unpaired) electrons. The van der Waals surface area contributed by atoms with Gasteiger partial charge in [-0.2, -0.15) is 0 Å². The molecular formula is C19H15N3S. The van der Waals surface area contributed by atoms with Crippen LogP contribution in [-0.4, -0.2) is 4.98 Å². The molecule has 3 aromatic carbocycles. The van der Waals surface area contributed by atoms with Crippen molar-refractivity contribution in [1.82, 2.24) is 4.98 Å². The monoisotopic (exact) mass is 317 g/mol. The molecule has 2 N–H and O–H groups in total. The van der Waals surface area contributed by atoms with Crippen LogP contribution in [0.4, 0.5) is 10.8 Å². The summed E-state index contributed by atoms with van der Waals surface area (Å²) in [5.41, 5.74) is 9.48. The van der Waals surface area contributed by atoms with E-state index in [4.69, 9.17) is 4.98 Å². The lowest BCUT2D eigenvalue weighted by Gasteiger charge is -2.06. The SMILES string of the molecule is c1ccc(NNc2nc(-c3cccc4ccccc34)cs2)cc1. The topological polar surface area (TPSA) is 37.0 Å². The number of nitrogens with one attached hydrogen (secondary N) is 2. The molecule has 3 nitrogen and oxygen atoms in total. The fourth-order valence-electron chi connectivity index (χ4n) is 2.55. The van der Waals surface area contributed by atoms with E-state index in [1.54, 1.807) is 11.3 Å². The molecule has 0 atom stereocenters. The molecule has 0 saturated carbocycles. The van der Waals surface area contributed by atoms with Gasteiger partial charge in [0.15, 0.2) is 0 Å². The first-order valence-corrected chi connectivity index (χ1v) is 8.29. The molecule has 112 valence electrons. The summed E-state index contributed by atoms with van der Waals surface area (Å²) in [6.07, 6.45) is 0. The third-order valence-electron chi connectivity index (χ3n) is 3.66. The highest BCUT2D eigenvalue weighted by Crippen LogP contribution is 2.30. The predicted octanol–water partition coefficient (Wildman–Crippen LogP) is 5.40. The minimum Gasteiger partial charge on any atom is -0.299 e. The van der Waals surface area contributed by atoms with Gasteiger partial charge in [-0.3, -0.25) is 10.9 Å². The number of hydrazine groups is 1. The Morgan fingerprint density at radius 2 is 1.52 bits per heavy atom. The second kappa shape index (κ2) is 6.10. The number of benzene rings is 3. The van der Waals surface area contributed by atoms with E-state index < -0.39 is 0 Å². The van der Waals surface area contributed by atoms with Crippen molar-refractivity contribution in [2.45, 2.75) is 0 Å². The number of nitrogens with zero attached hydrogens (tertiary/aromatic N) is 1. The average Bonchev–Trinajstić information content (AvgIpc) is 3.09. The second-order valence-electron chi connectivity index (χ2n) is 5.18. The van der Waals surface area contributed by atoms with E-state index >= 15 is 0 Å². The van der Waals surface area contributed by atoms with E-state index in [-0.39, 0.29) is 0 Å². The van der Waals surface area contributed by atoms with Crippen LogP contribution in [0.5, 0.6) is 0 Å². The van der Waals surface area contributed by atoms with Crippen molar-refractivity contribution in [2.75, 3.05) is 10.9 Å². The van der Waals surface area contributed by atoms with E-state index in [9.17, 15) is 0 Å². The Kier molecular flexibility index (Phi) is 3.66. The van der Waals surface area contributed by atoms with E-state index in [0.717, 1.165) is 22.1 Å². The molecule has 4 rings (SSSR count). The first kappa shape index (κ1) is 13.8. The van der Waals surface area contributed by atoms with Crippen molar-refractivity contribution < 1.29 is 0 Å². The van der Waals surface area contributed by atoms with Gasteiger partial charge in [0.25, 0.3) is 0 Å². The molecule has 4 heteroatoms. The zero-order valence-electron chi connectivity index (χ0n) is 12.4. The number of thiazole rings is 1. The molecule has 0 amide bonds. The summed E-state index contributed by atoms with van der Waals surface area (Å²) in [5, 5.41) is 5.38. The van der Waals surface area contributed by atoms with Gasteiger partial charge in [0, 0.05) is 10.9 Å². The molecule has 1 heterocycles. The Morgan fingerprint density at radius 3 is 2.43 bits per heavy atom. The minimum absolute atomic E-state index is 0.844. The minimum atomic E-state index is 0.844. The lowest BCUT2D eigenvalue weighted by Crippen LogP contribution is -2.07. The molecule has 0 spiro atoms. The van der Waals surface area contributed by atoms with Crippen molar-refractivity contribution in [1.29, 1.82) is 0 Å². The number of hydrogen-bond acceptors (Lipinski definition) is 4. The van der Waals surface area contributed by atoms with Gasteiger partial charge >= 0.3 is 0 Å². The van der Waals surface area contributed by atoms with Gasteiger partial charge in [-0.15, -0.1) is 11.3 Å². The summed E-state index contributed by atoms with van der Waals surface area (Å²) in [6.45, 7) is 0. The van der Waals surface area contributed by atoms with Crippen LogP contribution in [-0.2, 0) is 0 Å². The number of para-hydroxylation sites is 1. The standard InChI is InChI=1S/C19H15N3S/c1-2-9-15(10-3-1)21-22-19-20-18(13-23-19)17-12-6-8-14-7-4-5-11-16(14)17/h1-13,21H,(H,20,22). The van der Waals surface area contributed by atoms with Gasteiger partial charge in [0.2, 0.25) is 5.13 Å². The maximum absolute atomic E-state index is 4.69. The smallest absolute Gasteiger partial charge is 0.202 e. The maximum atomic E-state index is 4.69. The first-order chi connectivity index (χ1) is 11.4. The van der Waals surface area contributed by atoms with Gasteiger partial charge in [-0.25, -0.2) is 4.98 Å². The summed E-state index contributed by atoms with van der Waals surface area (Å²) in [7, 11) is 0. The zero-order chi connectivity index (χ0) is 15.5. The van der Waals surface area contributed by atoms with Gasteiger partial charge in [0.1, 0.15) is 0 Å². The zero-order valence-corrected chi connectivity index (χ0v) is 13.2. The largest absolute Gasteiger partial charge is 0.299 e. The maximum Gasteiger partial charge on any atom is 0.202 e.